The quantitative estimate of drug-likeness (QED) is 0.607. The number of sulfone groups is 1. The maximum Gasteiger partial charge on any atom is 0.194 e. The fourth-order valence-electron chi connectivity index (χ4n) is 2.79. The second-order valence-corrected chi connectivity index (χ2v) is 8.76. The van der Waals surface area contributed by atoms with Gasteiger partial charge in [-0.25, -0.2) is 26.6 Å². The number of nitrogens with zero attached hydrogens (tertiary/aromatic N) is 1. The minimum absolute atomic E-state index is 0.0465. The predicted octanol–water partition coefficient (Wildman–Crippen LogP) is 4.50. The molecule has 0 saturated carbocycles. The van der Waals surface area contributed by atoms with Gasteiger partial charge in [0.2, 0.25) is 0 Å². The van der Waals surface area contributed by atoms with E-state index in [4.69, 9.17) is 16.3 Å². The van der Waals surface area contributed by atoms with Gasteiger partial charge >= 0.3 is 0 Å². The topological polar surface area (TPSA) is 72.0 Å². The summed E-state index contributed by atoms with van der Waals surface area (Å²) >= 11 is 5.85. The Bertz CT molecular complexity index is 1170. The van der Waals surface area contributed by atoms with Crippen molar-refractivity contribution in [3.8, 4) is 0 Å². The van der Waals surface area contributed by atoms with Crippen molar-refractivity contribution in [1.29, 1.82) is 0 Å². The molecule has 1 heterocycles. The van der Waals surface area contributed by atoms with Gasteiger partial charge in [-0.3, -0.25) is 0 Å². The summed E-state index contributed by atoms with van der Waals surface area (Å²) < 4.78 is 70.5. The number of ether oxygens (including phenoxy) is 1. The van der Waals surface area contributed by atoms with E-state index in [9.17, 15) is 21.6 Å². The molecule has 154 valence electrons. The molecule has 0 radical (unpaired) electrons. The molecule has 0 aliphatic carbocycles. The van der Waals surface area contributed by atoms with Crippen LogP contribution in [0.1, 0.15) is 28.7 Å². The van der Waals surface area contributed by atoms with Crippen molar-refractivity contribution in [2.24, 2.45) is 0 Å². The number of H-pyrrole nitrogens is 1. The molecule has 1 atom stereocenters. The summed E-state index contributed by atoms with van der Waals surface area (Å²) in [6.45, 7) is 1.17. The first kappa shape index (κ1) is 21.4. The van der Waals surface area contributed by atoms with E-state index < -0.39 is 33.4 Å². The molecule has 0 aliphatic heterocycles. The monoisotopic (exact) mass is 444 g/mol. The van der Waals surface area contributed by atoms with Gasteiger partial charge in [-0.1, -0.05) is 17.7 Å². The van der Waals surface area contributed by atoms with Crippen molar-refractivity contribution in [2.75, 3.05) is 6.26 Å². The van der Waals surface area contributed by atoms with Crippen LogP contribution in [0.4, 0.5) is 13.2 Å². The normalized spacial score (nSPS) is 12.9. The number of imidazole rings is 1. The van der Waals surface area contributed by atoms with Gasteiger partial charge in [-0.05, 0) is 42.8 Å². The smallest absolute Gasteiger partial charge is 0.194 e. The third-order valence-corrected chi connectivity index (χ3v) is 5.51. The van der Waals surface area contributed by atoms with Gasteiger partial charge in [0, 0.05) is 11.8 Å². The lowest BCUT2D eigenvalue weighted by molar-refractivity contribution is 0.0594. The molecule has 0 saturated heterocycles. The number of aryl methyl sites for hydroxylation is 1. The zero-order chi connectivity index (χ0) is 21.3. The lowest BCUT2D eigenvalue weighted by Gasteiger charge is -2.17. The zero-order valence-corrected chi connectivity index (χ0v) is 16.9. The van der Waals surface area contributed by atoms with Crippen LogP contribution in [0.25, 0.3) is 0 Å². The summed E-state index contributed by atoms with van der Waals surface area (Å²) in [7, 11) is -3.62. The van der Waals surface area contributed by atoms with Gasteiger partial charge in [0.1, 0.15) is 29.4 Å². The SMILES string of the molecule is Cc1[nH]c([C@@H](OCc2cc(F)ccc2F)c2ccc(F)c(Cl)c2)nc1S(C)(=O)=O. The lowest BCUT2D eigenvalue weighted by atomic mass is 10.1. The van der Waals surface area contributed by atoms with Gasteiger partial charge in [0.25, 0.3) is 0 Å². The molecule has 0 fully saturated rings. The van der Waals surface area contributed by atoms with E-state index >= 15 is 0 Å². The van der Waals surface area contributed by atoms with Gasteiger partial charge < -0.3 is 9.72 Å². The lowest BCUT2D eigenvalue weighted by Crippen LogP contribution is -2.10. The van der Waals surface area contributed by atoms with E-state index in [2.05, 4.69) is 9.97 Å². The zero-order valence-electron chi connectivity index (χ0n) is 15.3. The fraction of sp³-hybridized carbons (Fsp3) is 0.211. The minimum Gasteiger partial charge on any atom is -0.361 e. The van der Waals surface area contributed by atoms with Crippen LogP contribution in [0.5, 0.6) is 0 Å². The highest BCUT2D eigenvalue weighted by Gasteiger charge is 2.25. The third-order valence-electron chi connectivity index (χ3n) is 4.12. The van der Waals surface area contributed by atoms with Crippen molar-refractivity contribution < 1.29 is 26.3 Å². The number of benzene rings is 2. The van der Waals surface area contributed by atoms with Crippen LogP contribution in [0, 0.1) is 24.4 Å². The molecule has 0 unspecified atom stereocenters. The van der Waals surface area contributed by atoms with Gasteiger partial charge in [-0.2, -0.15) is 0 Å². The molecule has 2 aromatic carbocycles. The Kier molecular flexibility index (Phi) is 6.02. The summed E-state index contributed by atoms with van der Waals surface area (Å²) in [5.74, 6) is -1.87. The number of nitrogens with one attached hydrogen (secondary N) is 1. The van der Waals surface area contributed by atoms with Crippen molar-refractivity contribution >= 4 is 21.4 Å². The molecule has 10 heteroatoms. The highest BCUT2D eigenvalue weighted by Crippen LogP contribution is 2.30. The number of aromatic nitrogens is 2. The first-order valence-electron chi connectivity index (χ1n) is 8.33. The van der Waals surface area contributed by atoms with Crippen molar-refractivity contribution in [3.05, 3.63) is 81.5 Å². The summed E-state index contributed by atoms with van der Waals surface area (Å²) in [6, 6.07) is 6.72. The Labute approximate surface area is 170 Å². The highest BCUT2D eigenvalue weighted by molar-refractivity contribution is 7.90. The van der Waals surface area contributed by atoms with E-state index in [0.717, 1.165) is 30.5 Å². The Morgan fingerprint density at radius 2 is 1.83 bits per heavy atom. The van der Waals surface area contributed by atoms with Gasteiger partial charge in [0.15, 0.2) is 14.9 Å². The number of rotatable bonds is 6. The average molecular weight is 445 g/mol. The molecule has 0 amide bonds. The summed E-state index contributed by atoms with van der Waals surface area (Å²) in [4.78, 5) is 6.92. The first-order chi connectivity index (χ1) is 13.6. The molecular formula is C19H16ClF3N2O3S. The maximum absolute atomic E-state index is 13.9. The molecule has 1 N–H and O–H groups in total. The Balaban J connectivity index is 2.02. The van der Waals surface area contributed by atoms with Gasteiger partial charge in [0.05, 0.1) is 17.3 Å². The van der Waals surface area contributed by atoms with Gasteiger partial charge in [-0.15, -0.1) is 0 Å². The van der Waals surface area contributed by atoms with Crippen molar-refractivity contribution in [1.82, 2.24) is 9.97 Å². The Morgan fingerprint density at radius 3 is 2.45 bits per heavy atom. The highest BCUT2D eigenvalue weighted by atomic mass is 35.5. The van der Waals surface area contributed by atoms with Crippen molar-refractivity contribution in [2.45, 2.75) is 24.7 Å². The van der Waals surface area contributed by atoms with Crippen LogP contribution < -0.4 is 0 Å². The second kappa shape index (κ2) is 8.17. The number of hydrogen-bond acceptors (Lipinski definition) is 4. The number of halogens is 4. The second-order valence-electron chi connectivity index (χ2n) is 6.42. The summed E-state index contributed by atoms with van der Waals surface area (Å²) in [6.07, 6.45) is -0.0304. The Hall–Kier alpha value is -2.36. The number of aromatic amines is 1. The van der Waals surface area contributed by atoms with Crippen LogP contribution >= 0.6 is 11.6 Å². The molecule has 0 aliphatic rings. The number of hydrogen-bond donors (Lipinski definition) is 1. The molecular weight excluding hydrogens is 429 g/mol. The van der Waals surface area contributed by atoms with Crippen LogP contribution in [-0.4, -0.2) is 24.6 Å². The third kappa shape index (κ3) is 4.80. The molecule has 5 nitrogen and oxygen atoms in total. The maximum atomic E-state index is 13.9. The fourth-order valence-corrected chi connectivity index (χ4v) is 3.85. The van der Waals surface area contributed by atoms with Crippen LogP contribution in [0.2, 0.25) is 5.02 Å². The average Bonchev–Trinajstić information content (AvgIpc) is 3.03. The summed E-state index contributed by atoms with van der Waals surface area (Å²) in [5, 5.41) is -0.356. The molecule has 1 aromatic heterocycles. The van der Waals surface area contributed by atoms with E-state index in [1.165, 1.54) is 19.1 Å². The minimum atomic E-state index is -3.62. The molecule has 3 rings (SSSR count). The van der Waals surface area contributed by atoms with E-state index in [1.54, 1.807) is 0 Å². The standard InChI is InChI=1S/C19H16ClF3N2O3S/c1-10-19(29(2,26)27)25-18(24-10)17(11-3-5-16(23)14(20)8-11)28-9-12-7-13(21)4-6-15(12)22/h3-8,17H,9H2,1-2H3,(H,24,25)/t17-/m0/s1. The van der Waals surface area contributed by atoms with Crippen LogP contribution in [-0.2, 0) is 21.2 Å². The van der Waals surface area contributed by atoms with E-state index in [-0.39, 0.29) is 33.7 Å². The molecule has 29 heavy (non-hydrogen) atoms. The first-order valence-corrected chi connectivity index (χ1v) is 10.6. The molecule has 0 spiro atoms. The van der Waals surface area contributed by atoms with E-state index in [0.29, 0.717) is 5.56 Å². The van der Waals surface area contributed by atoms with Crippen LogP contribution in [0.3, 0.4) is 0 Å². The van der Waals surface area contributed by atoms with Crippen molar-refractivity contribution in [3.63, 3.8) is 0 Å². The van der Waals surface area contributed by atoms with E-state index in [1.807, 2.05) is 0 Å². The van der Waals surface area contributed by atoms with Crippen LogP contribution in [0.15, 0.2) is 41.4 Å². The molecule has 3 aromatic rings. The Morgan fingerprint density at radius 1 is 1.14 bits per heavy atom. The predicted molar refractivity (Wildman–Crippen MR) is 101 cm³/mol. The molecule has 0 bridgehead atoms. The largest absolute Gasteiger partial charge is 0.361 e. The summed E-state index contributed by atoms with van der Waals surface area (Å²) in [5.41, 5.74) is 0.582.